The Morgan fingerprint density at radius 2 is 1.82 bits per heavy atom. The molecule has 1 saturated heterocycles. The Balaban J connectivity index is 1.40. The molecule has 186 valence electrons. The van der Waals surface area contributed by atoms with Gasteiger partial charge in [0.1, 0.15) is 17.5 Å². The molecule has 9 atom stereocenters. The van der Waals surface area contributed by atoms with Crippen LogP contribution in [0, 0.1) is 28.6 Å². The molecule has 0 unspecified atom stereocenters. The fraction of sp³-hybridized carbons (Fsp3) is 0.786. The summed E-state index contributed by atoms with van der Waals surface area (Å²) < 4.78 is 13.2. The van der Waals surface area contributed by atoms with Crippen LogP contribution in [0.1, 0.15) is 79.1 Å². The van der Waals surface area contributed by atoms with Crippen LogP contribution in [0.3, 0.4) is 0 Å². The van der Waals surface area contributed by atoms with Gasteiger partial charge in [-0.05, 0) is 82.6 Å². The Hall–Kier alpha value is -1.50. The second kappa shape index (κ2) is 7.04. The third kappa shape index (κ3) is 2.53. The summed E-state index contributed by atoms with van der Waals surface area (Å²) in [7, 11) is 0. The lowest BCUT2D eigenvalue weighted by molar-refractivity contribution is -0.232. The minimum atomic E-state index is -0.615. The van der Waals surface area contributed by atoms with Crippen molar-refractivity contribution in [1.29, 1.82) is 0 Å². The molecule has 0 aromatic rings. The lowest BCUT2D eigenvalue weighted by atomic mass is 9.46. The molecule has 2 N–H and O–H groups in total. The Morgan fingerprint density at radius 1 is 1.06 bits per heavy atom. The number of esters is 1. The number of carbonyl (C=O) groups excluding carboxylic acids is 2. The van der Waals surface area contributed by atoms with Crippen molar-refractivity contribution in [2.45, 2.75) is 102 Å². The van der Waals surface area contributed by atoms with Crippen molar-refractivity contribution in [1.82, 2.24) is 0 Å². The molecule has 4 aliphatic carbocycles. The molecule has 6 rings (SSSR count). The van der Waals surface area contributed by atoms with Crippen molar-refractivity contribution in [2.75, 3.05) is 6.61 Å². The molecule has 4 fully saturated rings. The van der Waals surface area contributed by atoms with Crippen molar-refractivity contribution in [3.8, 4) is 0 Å². The largest absolute Gasteiger partial charge is 0.456 e. The van der Waals surface area contributed by atoms with Gasteiger partial charge in [0.2, 0.25) is 0 Å². The molecule has 0 spiro atoms. The number of hydrogen-bond acceptors (Lipinski definition) is 6. The summed E-state index contributed by atoms with van der Waals surface area (Å²) in [5, 5.41) is 20.2. The molecule has 3 saturated carbocycles. The Morgan fingerprint density at radius 3 is 2.56 bits per heavy atom. The second-order valence-corrected chi connectivity index (χ2v) is 12.6. The predicted octanol–water partition coefficient (Wildman–Crippen LogP) is 3.64. The Kier molecular flexibility index (Phi) is 4.75. The number of carbonyl (C=O) groups is 2. The van der Waals surface area contributed by atoms with Gasteiger partial charge in [-0.3, -0.25) is 4.79 Å². The van der Waals surface area contributed by atoms with Crippen LogP contribution in [-0.2, 0) is 19.1 Å². The number of rotatable bonds is 2. The highest BCUT2D eigenvalue weighted by Gasteiger charge is 2.78. The topological polar surface area (TPSA) is 93.1 Å². The van der Waals surface area contributed by atoms with E-state index in [0.29, 0.717) is 18.4 Å². The molecule has 6 heteroatoms. The molecule has 6 nitrogen and oxygen atoms in total. The number of allylic oxidation sites excluding steroid dienone is 1. The fourth-order valence-electron chi connectivity index (χ4n) is 9.63. The van der Waals surface area contributed by atoms with Crippen LogP contribution >= 0.6 is 0 Å². The Labute approximate surface area is 201 Å². The molecule has 0 aromatic carbocycles. The van der Waals surface area contributed by atoms with Gasteiger partial charge in [-0.1, -0.05) is 18.6 Å². The molecule has 6 aliphatic rings. The normalized spacial score (nSPS) is 52.1. The first-order valence-electron chi connectivity index (χ1n) is 13.1. The molecule has 0 aromatic heterocycles. The van der Waals surface area contributed by atoms with Crippen LogP contribution in [0.2, 0.25) is 0 Å². The van der Waals surface area contributed by atoms with Crippen LogP contribution in [0.5, 0.6) is 0 Å². The van der Waals surface area contributed by atoms with E-state index in [2.05, 4.69) is 26.8 Å². The summed E-state index contributed by atoms with van der Waals surface area (Å²) in [6, 6.07) is 0. The lowest BCUT2D eigenvalue weighted by Gasteiger charge is -2.59. The monoisotopic (exact) mass is 470 g/mol. The molecule has 0 radical (unpaired) electrons. The fourth-order valence-corrected chi connectivity index (χ4v) is 9.63. The van der Waals surface area contributed by atoms with E-state index in [1.165, 1.54) is 0 Å². The van der Waals surface area contributed by atoms with E-state index in [1.54, 1.807) is 6.92 Å². The molecule has 2 aliphatic heterocycles. The molecule has 2 bridgehead atoms. The quantitative estimate of drug-likeness (QED) is 0.473. The van der Waals surface area contributed by atoms with Crippen LogP contribution in [0.25, 0.3) is 0 Å². The predicted molar refractivity (Wildman–Crippen MR) is 125 cm³/mol. The summed E-state index contributed by atoms with van der Waals surface area (Å²) >= 11 is 0. The zero-order valence-electron chi connectivity index (χ0n) is 20.9. The van der Waals surface area contributed by atoms with E-state index in [9.17, 15) is 19.8 Å². The zero-order valence-corrected chi connectivity index (χ0v) is 20.9. The summed E-state index contributed by atoms with van der Waals surface area (Å²) in [5.41, 5.74) is 0.880. The van der Waals surface area contributed by atoms with Crippen molar-refractivity contribution in [3.63, 3.8) is 0 Å². The maximum Gasteiger partial charge on any atom is 0.334 e. The van der Waals surface area contributed by atoms with E-state index in [-0.39, 0.29) is 53.6 Å². The van der Waals surface area contributed by atoms with Gasteiger partial charge in [-0.2, -0.15) is 0 Å². The van der Waals surface area contributed by atoms with Gasteiger partial charge in [0.15, 0.2) is 0 Å². The summed E-state index contributed by atoms with van der Waals surface area (Å²) in [6.07, 6.45) is 7.49. The summed E-state index contributed by atoms with van der Waals surface area (Å²) in [6.45, 7) is 8.21. The van der Waals surface area contributed by atoms with Crippen LogP contribution < -0.4 is 0 Å². The third-order valence-electron chi connectivity index (χ3n) is 11.5. The number of aliphatic hydroxyl groups excluding tert-OH is 2. The molecule has 2 heterocycles. The lowest BCUT2D eigenvalue weighted by Crippen LogP contribution is -2.61. The first-order valence-corrected chi connectivity index (χ1v) is 13.1. The Bertz CT molecular complexity index is 1030. The van der Waals surface area contributed by atoms with E-state index < -0.39 is 23.2 Å². The molecular weight excluding hydrogens is 432 g/mol. The molecule has 34 heavy (non-hydrogen) atoms. The van der Waals surface area contributed by atoms with E-state index in [1.807, 2.05) is 0 Å². The third-order valence-corrected chi connectivity index (χ3v) is 11.5. The number of fused-ring (bicyclic) bond motifs is 3. The zero-order chi connectivity index (χ0) is 24.3. The average Bonchev–Trinajstić information content (AvgIpc) is 3.20. The first kappa shape index (κ1) is 22.9. The number of cyclic esters (lactones) is 1. The molecule has 0 amide bonds. The number of hydrogen-bond donors (Lipinski definition) is 2. The van der Waals surface area contributed by atoms with Gasteiger partial charge in [0.05, 0.1) is 23.7 Å². The maximum absolute atomic E-state index is 13.4. The maximum atomic E-state index is 13.4. The standard InChI is InChI=1S/C28H38O6/c1-15-16(14-29)11-23(33-24(15)32)27(4)21-8-10-28(34-27)20-6-5-17-12-18(30)13-22(31)26(17,3)19(20)7-9-25(21,28)2/h5,18-21,23,29-30H,6-14H2,1-4H3/t18-,19+,20-,21-,23-,25-,26+,27+,28-/m1/s1. The van der Waals surface area contributed by atoms with Gasteiger partial charge in [-0.15, -0.1) is 0 Å². The van der Waals surface area contributed by atoms with E-state index >= 15 is 0 Å². The van der Waals surface area contributed by atoms with Crippen molar-refractivity contribution in [2.24, 2.45) is 28.6 Å². The first-order chi connectivity index (χ1) is 16.0. The highest BCUT2D eigenvalue weighted by Crippen LogP contribution is 2.75. The number of ether oxygens (including phenoxy) is 2. The van der Waals surface area contributed by atoms with Crippen LogP contribution in [0.15, 0.2) is 22.8 Å². The van der Waals surface area contributed by atoms with Gasteiger partial charge >= 0.3 is 5.97 Å². The van der Waals surface area contributed by atoms with E-state index in [0.717, 1.165) is 43.3 Å². The minimum Gasteiger partial charge on any atom is -0.456 e. The smallest absolute Gasteiger partial charge is 0.334 e. The highest BCUT2D eigenvalue weighted by atomic mass is 16.6. The van der Waals surface area contributed by atoms with Crippen molar-refractivity contribution in [3.05, 3.63) is 22.8 Å². The van der Waals surface area contributed by atoms with Crippen LogP contribution in [0.4, 0.5) is 0 Å². The number of Topliss-reactive ketones (excluding diaryl/α,β-unsaturated/α-hetero) is 1. The summed E-state index contributed by atoms with van der Waals surface area (Å²) in [4.78, 5) is 26.0. The summed E-state index contributed by atoms with van der Waals surface area (Å²) in [5.74, 6) is 0.544. The van der Waals surface area contributed by atoms with Crippen molar-refractivity contribution < 1.29 is 29.3 Å². The van der Waals surface area contributed by atoms with E-state index in [4.69, 9.17) is 9.47 Å². The average molecular weight is 471 g/mol. The second-order valence-electron chi connectivity index (χ2n) is 12.6. The van der Waals surface area contributed by atoms with Gasteiger partial charge in [-0.25, -0.2) is 4.79 Å². The number of ketones is 1. The van der Waals surface area contributed by atoms with Crippen molar-refractivity contribution >= 4 is 11.8 Å². The minimum absolute atomic E-state index is 0.0379. The van der Waals surface area contributed by atoms with Crippen LogP contribution in [-0.4, -0.2) is 52.0 Å². The SMILES string of the molecule is CC1=C(CO)C[C@H]([C@@]2(C)O[C@@]34CC[C@@H]2[C@@]3(C)CC[C@H]2[C@H]4CC=C3C[C@@H](O)CC(=O)[C@@]32C)OC1=O. The highest BCUT2D eigenvalue weighted by molar-refractivity contribution is 5.90. The van der Waals surface area contributed by atoms with Gasteiger partial charge in [0, 0.05) is 23.8 Å². The molecular formula is C28H38O6. The van der Waals surface area contributed by atoms with Gasteiger partial charge in [0.25, 0.3) is 0 Å². The number of aliphatic hydroxyl groups is 2. The van der Waals surface area contributed by atoms with Gasteiger partial charge < -0.3 is 19.7 Å².